The van der Waals surface area contributed by atoms with E-state index in [1.54, 1.807) is 0 Å². The molecule has 98 valence electrons. The smallest absolute Gasteiger partial charge is 0.254 e. The average molecular weight is 291 g/mol. The highest BCUT2D eigenvalue weighted by molar-refractivity contribution is 6.34. The zero-order chi connectivity index (χ0) is 13.5. The third-order valence-electron chi connectivity index (χ3n) is 1.98. The van der Waals surface area contributed by atoms with Crippen molar-refractivity contribution in [2.75, 3.05) is 13.1 Å². The Morgan fingerprint density at radius 3 is 2.67 bits per heavy atom. The summed E-state index contributed by atoms with van der Waals surface area (Å²) in [5.74, 6) is -0.573. The highest BCUT2D eigenvalue weighted by Crippen LogP contribution is 2.14. The summed E-state index contributed by atoms with van der Waals surface area (Å²) in [5, 5.41) is 12.2. The summed E-state index contributed by atoms with van der Waals surface area (Å²) in [6, 6.07) is 1.32. The first-order valence-corrected chi connectivity index (χ1v) is 6.03. The number of carbonyl (C=O) groups excluding carboxylic acids is 2. The van der Waals surface area contributed by atoms with Crippen LogP contribution in [0.4, 0.5) is 0 Å². The number of carbonyl (C=O) groups is 2. The molecule has 1 aromatic rings. The molecule has 1 heterocycles. The van der Waals surface area contributed by atoms with Crippen LogP contribution in [0.15, 0.2) is 6.07 Å². The molecule has 0 atom stereocenters. The molecule has 0 radical (unpaired) electrons. The van der Waals surface area contributed by atoms with E-state index < -0.39 is 5.91 Å². The SMILES string of the molecule is CCNC(=O)CCNC(=O)c1cc(Cl)nnc1Cl. The standard InChI is InChI=1S/C10H12Cl2N4O2/c1-2-13-8(17)3-4-14-10(18)6-5-7(11)15-16-9(6)12/h5H,2-4H2,1H3,(H,13,17)(H,14,18). The molecule has 2 amide bonds. The van der Waals surface area contributed by atoms with Crippen LogP contribution < -0.4 is 10.6 Å². The minimum absolute atomic E-state index is 0.0325. The number of aromatic nitrogens is 2. The number of halogens is 2. The quantitative estimate of drug-likeness (QED) is 0.849. The molecule has 0 aliphatic heterocycles. The molecule has 6 nitrogen and oxygen atoms in total. The van der Waals surface area contributed by atoms with E-state index in [9.17, 15) is 9.59 Å². The molecule has 8 heteroatoms. The van der Waals surface area contributed by atoms with E-state index in [1.807, 2.05) is 6.92 Å². The zero-order valence-corrected chi connectivity index (χ0v) is 11.2. The number of rotatable bonds is 5. The molecule has 0 saturated carbocycles. The molecule has 18 heavy (non-hydrogen) atoms. The van der Waals surface area contributed by atoms with Gasteiger partial charge in [-0.2, -0.15) is 0 Å². The number of hydrogen-bond acceptors (Lipinski definition) is 4. The number of nitrogens with zero attached hydrogens (tertiary/aromatic N) is 2. The van der Waals surface area contributed by atoms with Gasteiger partial charge in [-0.3, -0.25) is 9.59 Å². The Balaban J connectivity index is 2.50. The number of nitrogens with one attached hydrogen (secondary N) is 2. The van der Waals surface area contributed by atoms with E-state index in [2.05, 4.69) is 20.8 Å². The van der Waals surface area contributed by atoms with Crippen molar-refractivity contribution in [1.29, 1.82) is 0 Å². The summed E-state index contributed by atoms with van der Waals surface area (Å²) in [5.41, 5.74) is 0.132. The summed E-state index contributed by atoms with van der Waals surface area (Å²) in [6.45, 7) is 2.59. The first-order valence-electron chi connectivity index (χ1n) is 5.28. The van der Waals surface area contributed by atoms with E-state index >= 15 is 0 Å². The van der Waals surface area contributed by atoms with Crippen molar-refractivity contribution in [3.8, 4) is 0 Å². The molecule has 0 fully saturated rings. The van der Waals surface area contributed by atoms with Crippen molar-refractivity contribution in [3.05, 3.63) is 21.9 Å². The maximum Gasteiger partial charge on any atom is 0.254 e. The molecule has 0 spiro atoms. The van der Waals surface area contributed by atoms with E-state index in [-0.39, 0.29) is 34.7 Å². The van der Waals surface area contributed by atoms with Crippen LogP contribution in [0.3, 0.4) is 0 Å². The van der Waals surface area contributed by atoms with E-state index in [0.29, 0.717) is 6.54 Å². The molecular formula is C10H12Cl2N4O2. The Bertz CT molecular complexity index is 454. The Hall–Kier alpha value is -1.40. The summed E-state index contributed by atoms with van der Waals surface area (Å²) < 4.78 is 0. The van der Waals surface area contributed by atoms with Crippen molar-refractivity contribution < 1.29 is 9.59 Å². The first-order chi connectivity index (χ1) is 8.54. The maximum absolute atomic E-state index is 11.7. The average Bonchev–Trinajstić information content (AvgIpc) is 2.32. The second kappa shape index (κ2) is 7.13. The normalized spacial score (nSPS) is 9.94. The minimum atomic E-state index is -0.443. The third kappa shape index (κ3) is 4.46. The minimum Gasteiger partial charge on any atom is -0.356 e. The van der Waals surface area contributed by atoms with Crippen molar-refractivity contribution in [2.45, 2.75) is 13.3 Å². The highest BCUT2D eigenvalue weighted by Gasteiger charge is 2.13. The van der Waals surface area contributed by atoms with Gasteiger partial charge in [0.25, 0.3) is 5.91 Å². The van der Waals surface area contributed by atoms with Crippen LogP contribution in [0, 0.1) is 0 Å². The molecule has 0 aliphatic rings. The summed E-state index contributed by atoms with van der Waals surface area (Å²) in [6.07, 6.45) is 0.198. The fraction of sp³-hybridized carbons (Fsp3) is 0.400. The van der Waals surface area contributed by atoms with Crippen LogP contribution in [0.5, 0.6) is 0 Å². The Morgan fingerprint density at radius 1 is 1.28 bits per heavy atom. The van der Waals surface area contributed by atoms with Gasteiger partial charge in [0.2, 0.25) is 5.91 Å². The Labute approximate surface area is 114 Å². The van der Waals surface area contributed by atoms with Crippen molar-refractivity contribution in [2.24, 2.45) is 0 Å². The second-order valence-electron chi connectivity index (χ2n) is 3.33. The lowest BCUT2D eigenvalue weighted by Crippen LogP contribution is -2.30. The van der Waals surface area contributed by atoms with Crippen LogP contribution in [0.2, 0.25) is 10.3 Å². The molecule has 1 aromatic heterocycles. The van der Waals surface area contributed by atoms with Crippen LogP contribution in [-0.4, -0.2) is 35.1 Å². The van der Waals surface area contributed by atoms with Crippen molar-refractivity contribution >= 4 is 35.0 Å². The molecule has 0 saturated heterocycles. The van der Waals surface area contributed by atoms with Gasteiger partial charge in [0, 0.05) is 19.5 Å². The monoisotopic (exact) mass is 290 g/mol. The van der Waals surface area contributed by atoms with Crippen LogP contribution in [0.1, 0.15) is 23.7 Å². The summed E-state index contributed by atoms with van der Waals surface area (Å²) >= 11 is 11.3. The lowest BCUT2D eigenvalue weighted by atomic mass is 10.3. The van der Waals surface area contributed by atoms with E-state index in [4.69, 9.17) is 23.2 Å². The van der Waals surface area contributed by atoms with Gasteiger partial charge in [-0.15, -0.1) is 10.2 Å². The fourth-order valence-electron chi connectivity index (χ4n) is 1.18. The molecule has 0 aromatic carbocycles. The Morgan fingerprint density at radius 2 is 2.00 bits per heavy atom. The van der Waals surface area contributed by atoms with Gasteiger partial charge in [-0.05, 0) is 13.0 Å². The van der Waals surface area contributed by atoms with Crippen LogP contribution in [0.25, 0.3) is 0 Å². The number of hydrogen-bond donors (Lipinski definition) is 2. The summed E-state index contributed by atoms with van der Waals surface area (Å²) in [4.78, 5) is 22.9. The molecule has 0 bridgehead atoms. The second-order valence-corrected chi connectivity index (χ2v) is 4.08. The van der Waals surface area contributed by atoms with Gasteiger partial charge in [0.15, 0.2) is 10.3 Å². The maximum atomic E-state index is 11.7. The molecule has 1 rings (SSSR count). The van der Waals surface area contributed by atoms with Gasteiger partial charge < -0.3 is 10.6 Å². The van der Waals surface area contributed by atoms with Crippen LogP contribution in [-0.2, 0) is 4.79 Å². The molecule has 2 N–H and O–H groups in total. The topological polar surface area (TPSA) is 84.0 Å². The van der Waals surface area contributed by atoms with Crippen molar-refractivity contribution in [1.82, 2.24) is 20.8 Å². The van der Waals surface area contributed by atoms with E-state index in [1.165, 1.54) is 6.07 Å². The first kappa shape index (κ1) is 14.7. The predicted octanol–water partition coefficient (Wildman–Crippen LogP) is 1.04. The van der Waals surface area contributed by atoms with Gasteiger partial charge in [-0.1, -0.05) is 23.2 Å². The summed E-state index contributed by atoms with van der Waals surface area (Å²) in [7, 11) is 0. The Kier molecular flexibility index (Phi) is 5.80. The fourth-order valence-corrected chi connectivity index (χ4v) is 1.51. The van der Waals surface area contributed by atoms with Gasteiger partial charge in [0.1, 0.15) is 0 Å². The zero-order valence-electron chi connectivity index (χ0n) is 9.67. The predicted molar refractivity (Wildman–Crippen MR) is 67.7 cm³/mol. The van der Waals surface area contributed by atoms with Gasteiger partial charge >= 0.3 is 0 Å². The lowest BCUT2D eigenvalue weighted by molar-refractivity contribution is -0.120. The highest BCUT2D eigenvalue weighted by atomic mass is 35.5. The largest absolute Gasteiger partial charge is 0.356 e. The molecule has 0 aliphatic carbocycles. The number of amides is 2. The molecular weight excluding hydrogens is 279 g/mol. The van der Waals surface area contributed by atoms with Crippen LogP contribution >= 0.6 is 23.2 Å². The van der Waals surface area contributed by atoms with Gasteiger partial charge in [-0.25, -0.2) is 0 Å². The third-order valence-corrected chi connectivity index (χ3v) is 2.44. The van der Waals surface area contributed by atoms with E-state index in [0.717, 1.165) is 0 Å². The van der Waals surface area contributed by atoms with Gasteiger partial charge in [0.05, 0.1) is 5.56 Å². The lowest BCUT2D eigenvalue weighted by Gasteiger charge is -2.06. The molecule has 0 unspecified atom stereocenters. The van der Waals surface area contributed by atoms with Crippen molar-refractivity contribution in [3.63, 3.8) is 0 Å².